The van der Waals surface area contributed by atoms with Crippen LogP contribution in [0.1, 0.15) is 12.0 Å². The van der Waals surface area contributed by atoms with E-state index in [1.165, 1.54) is 18.2 Å². The second-order valence-electron chi connectivity index (χ2n) is 2.91. The molecule has 0 fully saturated rings. The molecule has 0 radical (unpaired) electrons. The highest BCUT2D eigenvalue weighted by Gasteiger charge is 2.04. The van der Waals surface area contributed by atoms with Gasteiger partial charge in [0.15, 0.2) is 5.78 Å². The van der Waals surface area contributed by atoms with Gasteiger partial charge in [-0.3, -0.25) is 4.79 Å². The van der Waals surface area contributed by atoms with Gasteiger partial charge < -0.3 is 0 Å². The minimum Gasteiger partial charge on any atom is -0.295 e. The second kappa shape index (κ2) is 4.65. The molecule has 0 spiro atoms. The van der Waals surface area contributed by atoms with Crippen LogP contribution in [0.2, 0.25) is 0 Å². The Morgan fingerprint density at radius 1 is 1.43 bits per heavy atom. The van der Waals surface area contributed by atoms with Crippen molar-refractivity contribution in [3.8, 4) is 0 Å². The fraction of sp³-hybridized carbons (Fsp3) is 0.182. The van der Waals surface area contributed by atoms with Gasteiger partial charge in [0.25, 0.3) is 0 Å². The molecule has 3 heteroatoms. The van der Waals surface area contributed by atoms with Gasteiger partial charge in [-0.05, 0) is 24.1 Å². The fourth-order valence-corrected chi connectivity index (χ4v) is 1.08. The third kappa shape index (κ3) is 2.76. The first-order valence-corrected chi connectivity index (χ1v) is 4.22. The van der Waals surface area contributed by atoms with E-state index in [1.807, 2.05) is 0 Å². The lowest BCUT2D eigenvalue weighted by atomic mass is 10.1. The zero-order chi connectivity index (χ0) is 10.6. The van der Waals surface area contributed by atoms with E-state index in [2.05, 4.69) is 6.58 Å². The lowest BCUT2D eigenvalue weighted by Crippen LogP contribution is -1.98. The van der Waals surface area contributed by atoms with Crippen molar-refractivity contribution in [1.82, 2.24) is 0 Å². The molecule has 0 atom stereocenters. The summed E-state index contributed by atoms with van der Waals surface area (Å²) in [5.41, 5.74) is 0.349. The Kier molecular flexibility index (Phi) is 3.51. The number of halogens is 2. The number of allylic oxidation sites excluding steroid dienone is 1. The number of rotatable bonds is 4. The molecule has 0 amide bonds. The van der Waals surface area contributed by atoms with E-state index in [0.717, 1.165) is 6.07 Å². The highest BCUT2D eigenvalue weighted by atomic mass is 19.1. The fourth-order valence-electron chi connectivity index (χ4n) is 1.08. The molecule has 0 saturated heterocycles. The maximum Gasteiger partial charge on any atom is 0.155 e. The van der Waals surface area contributed by atoms with Crippen LogP contribution in [0.5, 0.6) is 0 Å². The Hall–Kier alpha value is -1.51. The van der Waals surface area contributed by atoms with Crippen LogP contribution in [0.25, 0.3) is 0 Å². The molecule has 0 aliphatic heterocycles. The van der Waals surface area contributed by atoms with Gasteiger partial charge in [0, 0.05) is 12.5 Å². The van der Waals surface area contributed by atoms with E-state index in [4.69, 9.17) is 0 Å². The molecule has 1 aromatic carbocycles. The van der Waals surface area contributed by atoms with Gasteiger partial charge in [-0.2, -0.15) is 0 Å². The maximum atomic E-state index is 13.0. The van der Waals surface area contributed by atoms with Crippen molar-refractivity contribution in [2.75, 3.05) is 0 Å². The summed E-state index contributed by atoms with van der Waals surface area (Å²) in [6.45, 7) is 3.31. The summed E-state index contributed by atoms with van der Waals surface area (Å²) in [6, 6.07) is 3.34. The highest BCUT2D eigenvalue weighted by Crippen LogP contribution is 2.11. The molecule has 0 aromatic heterocycles. The van der Waals surface area contributed by atoms with E-state index >= 15 is 0 Å². The van der Waals surface area contributed by atoms with Crippen LogP contribution in [0.15, 0.2) is 30.9 Å². The number of carbonyl (C=O) groups is 1. The van der Waals surface area contributed by atoms with E-state index < -0.39 is 11.6 Å². The highest BCUT2D eigenvalue weighted by molar-refractivity contribution is 5.89. The molecule has 1 nitrogen and oxygen atoms in total. The summed E-state index contributed by atoms with van der Waals surface area (Å²) in [6.07, 6.45) is 1.67. The Bertz CT molecular complexity index is 358. The molecular weight excluding hydrogens is 186 g/mol. The van der Waals surface area contributed by atoms with Gasteiger partial charge >= 0.3 is 0 Å². The van der Waals surface area contributed by atoms with Gasteiger partial charge in [0.2, 0.25) is 0 Å². The Morgan fingerprint density at radius 3 is 2.71 bits per heavy atom. The van der Waals surface area contributed by atoms with E-state index in [1.54, 1.807) is 0 Å². The predicted molar refractivity (Wildman–Crippen MR) is 49.9 cm³/mol. The molecular formula is C11H10F2O. The van der Waals surface area contributed by atoms with Crippen molar-refractivity contribution in [3.05, 3.63) is 48.1 Å². The van der Waals surface area contributed by atoms with Crippen molar-refractivity contribution in [2.45, 2.75) is 12.8 Å². The lowest BCUT2D eigenvalue weighted by Gasteiger charge is -2.00. The first-order chi connectivity index (χ1) is 6.63. The summed E-state index contributed by atoms with van der Waals surface area (Å²) >= 11 is 0. The molecule has 0 N–H and O–H groups in total. The average Bonchev–Trinajstić information content (AvgIpc) is 2.16. The first-order valence-electron chi connectivity index (χ1n) is 4.22. The number of carbonyl (C=O) groups excluding carboxylic acids is 1. The van der Waals surface area contributed by atoms with Crippen molar-refractivity contribution in [1.29, 1.82) is 0 Å². The summed E-state index contributed by atoms with van der Waals surface area (Å²) in [7, 11) is 0. The van der Waals surface area contributed by atoms with Crippen molar-refractivity contribution in [2.24, 2.45) is 0 Å². The number of hydrogen-bond donors (Lipinski definition) is 0. The van der Waals surface area contributed by atoms with E-state index in [-0.39, 0.29) is 18.6 Å². The summed E-state index contributed by atoms with van der Waals surface area (Å²) in [5.74, 6) is -1.36. The molecule has 0 aliphatic carbocycles. The number of hydrogen-bond acceptors (Lipinski definition) is 1. The largest absolute Gasteiger partial charge is 0.295 e. The monoisotopic (exact) mass is 196 g/mol. The third-order valence-corrected chi connectivity index (χ3v) is 1.88. The predicted octanol–water partition coefficient (Wildman–Crippen LogP) is 2.65. The van der Waals surface area contributed by atoms with Crippen LogP contribution in [0.4, 0.5) is 8.78 Å². The lowest BCUT2D eigenvalue weighted by molar-refractivity contribution is -0.114. The van der Waals surface area contributed by atoms with Crippen LogP contribution in [0, 0.1) is 11.6 Å². The molecule has 0 bridgehead atoms. The van der Waals surface area contributed by atoms with Gasteiger partial charge in [-0.1, -0.05) is 12.6 Å². The molecule has 1 aromatic rings. The minimum absolute atomic E-state index is 0.145. The van der Waals surface area contributed by atoms with Crippen LogP contribution in [0.3, 0.4) is 0 Å². The number of benzene rings is 1. The van der Waals surface area contributed by atoms with Gasteiger partial charge in [-0.15, -0.1) is 0 Å². The van der Waals surface area contributed by atoms with E-state index in [0.29, 0.717) is 5.56 Å². The van der Waals surface area contributed by atoms with Crippen LogP contribution < -0.4 is 0 Å². The minimum atomic E-state index is -0.610. The Morgan fingerprint density at radius 2 is 2.14 bits per heavy atom. The standard InChI is InChI=1S/C11H10F2O/c1-2-10(14)6-4-8-3-5-9(12)7-11(8)13/h2-3,5,7H,1,4,6H2. The van der Waals surface area contributed by atoms with Crippen molar-refractivity contribution >= 4 is 5.78 Å². The maximum absolute atomic E-state index is 13.0. The van der Waals surface area contributed by atoms with Crippen LogP contribution >= 0.6 is 0 Å². The summed E-state index contributed by atoms with van der Waals surface area (Å²) < 4.78 is 25.5. The Balaban J connectivity index is 2.68. The molecule has 0 unspecified atom stereocenters. The third-order valence-electron chi connectivity index (χ3n) is 1.88. The zero-order valence-electron chi connectivity index (χ0n) is 7.59. The summed E-state index contributed by atoms with van der Waals surface area (Å²) in [4.78, 5) is 10.8. The molecule has 1 rings (SSSR count). The number of ketones is 1. The molecule has 0 saturated carbocycles. The Labute approximate surface area is 81.1 Å². The van der Waals surface area contributed by atoms with Crippen LogP contribution in [-0.4, -0.2) is 5.78 Å². The van der Waals surface area contributed by atoms with Crippen LogP contribution in [-0.2, 0) is 11.2 Å². The van der Waals surface area contributed by atoms with Crippen molar-refractivity contribution in [3.63, 3.8) is 0 Å². The molecule has 0 heterocycles. The van der Waals surface area contributed by atoms with Gasteiger partial charge in [-0.25, -0.2) is 8.78 Å². The van der Waals surface area contributed by atoms with Gasteiger partial charge in [0.05, 0.1) is 0 Å². The molecule has 14 heavy (non-hydrogen) atoms. The first kappa shape index (κ1) is 10.6. The average molecular weight is 196 g/mol. The van der Waals surface area contributed by atoms with Gasteiger partial charge in [0.1, 0.15) is 11.6 Å². The van der Waals surface area contributed by atoms with E-state index in [9.17, 15) is 13.6 Å². The number of aryl methyl sites for hydroxylation is 1. The second-order valence-corrected chi connectivity index (χ2v) is 2.91. The molecule has 74 valence electrons. The quantitative estimate of drug-likeness (QED) is 0.676. The SMILES string of the molecule is C=CC(=O)CCc1ccc(F)cc1F. The molecule has 0 aliphatic rings. The summed E-state index contributed by atoms with van der Waals surface area (Å²) in [5, 5.41) is 0. The zero-order valence-corrected chi connectivity index (χ0v) is 7.59. The topological polar surface area (TPSA) is 17.1 Å². The normalized spacial score (nSPS) is 9.86. The smallest absolute Gasteiger partial charge is 0.155 e. The van der Waals surface area contributed by atoms with Crippen molar-refractivity contribution < 1.29 is 13.6 Å².